The summed E-state index contributed by atoms with van der Waals surface area (Å²) in [6.45, 7) is 3.10. The van der Waals surface area contributed by atoms with Crippen molar-refractivity contribution in [1.29, 1.82) is 0 Å². The van der Waals surface area contributed by atoms with Gasteiger partial charge in [0, 0.05) is 18.1 Å². The van der Waals surface area contributed by atoms with E-state index in [1.165, 1.54) is 25.3 Å². The lowest BCUT2D eigenvalue weighted by molar-refractivity contribution is 0.264. The predicted molar refractivity (Wildman–Crippen MR) is 84.7 cm³/mol. The van der Waals surface area contributed by atoms with Crippen molar-refractivity contribution >= 4 is 25.9 Å². The number of rotatable bonds is 5. The highest BCUT2D eigenvalue weighted by atomic mass is 32.2. The Labute approximate surface area is 139 Å². The summed E-state index contributed by atoms with van der Waals surface area (Å²) in [5.74, 6) is 0.0694. The highest BCUT2D eigenvalue weighted by molar-refractivity contribution is 7.93. The minimum absolute atomic E-state index is 0.0694. The first kappa shape index (κ1) is 18.1. The van der Waals surface area contributed by atoms with Crippen molar-refractivity contribution in [2.75, 3.05) is 12.5 Å². The third-order valence-corrected chi connectivity index (χ3v) is 5.66. The van der Waals surface area contributed by atoms with Crippen LogP contribution in [0.5, 0.6) is 5.88 Å². The first-order valence-electron chi connectivity index (χ1n) is 6.55. The van der Waals surface area contributed by atoms with Crippen LogP contribution in [0.3, 0.4) is 0 Å². The molecule has 0 aliphatic rings. The number of oxime groups is 1. The fraction of sp³-hybridized carbons (Fsp3) is 0.308. The molecule has 9 nitrogen and oxygen atoms in total. The van der Waals surface area contributed by atoms with E-state index in [9.17, 15) is 16.8 Å². The van der Waals surface area contributed by atoms with Crippen molar-refractivity contribution in [3.05, 3.63) is 29.0 Å². The van der Waals surface area contributed by atoms with Crippen molar-refractivity contribution in [2.45, 2.75) is 23.6 Å². The van der Waals surface area contributed by atoms with Crippen LogP contribution in [0.15, 0.2) is 31.7 Å². The van der Waals surface area contributed by atoms with Crippen LogP contribution < -0.4 is 4.84 Å². The van der Waals surface area contributed by atoms with Crippen LogP contribution in [0.1, 0.15) is 16.8 Å². The first-order valence-corrected chi connectivity index (χ1v) is 10.3. The Morgan fingerprint density at radius 1 is 1.08 bits per heavy atom. The Kier molecular flexibility index (Phi) is 4.76. The summed E-state index contributed by atoms with van der Waals surface area (Å²) in [7, 11) is -7.47. The van der Waals surface area contributed by atoms with Gasteiger partial charge in [0.2, 0.25) is 0 Å². The number of hydrogen-bond donors (Lipinski definition) is 0. The first-order chi connectivity index (χ1) is 11.0. The number of nitrogens with zero attached hydrogens (tertiary/aromatic N) is 3. The van der Waals surface area contributed by atoms with E-state index in [1.807, 2.05) is 0 Å². The molecule has 24 heavy (non-hydrogen) atoms. The van der Waals surface area contributed by atoms with Gasteiger partial charge in [-0.05, 0) is 30.6 Å². The maximum atomic E-state index is 12.0. The van der Waals surface area contributed by atoms with E-state index in [4.69, 9.17) is 4.84 Å². The summed E-state index contributed by atoms with van der Waals surface area (Å²) in [5.41, 5.74) is 1.04. The monoisotopic (exact) mass is 373 g/mol. The minimum Gasteiger partial charge on any atom is -0.331 e. The van der Waals surface area contributed by atoms with E-state index in [2.05, 4.69) is 20.1 Å². The summed E-state index contributed by atoms with van der Waals surface area (Å²) >= 11 is 0. The molecule has 0 aliphatic carbocycles. The second-order valence-corrected chi connectivity index (χ2v) is 9.07. The van der Waals surface area contributed by atoms with E-state index in [-0.39, 0.29) is 21.2 Å². The zero-order valence-corrected chi connectivity index (χ0v) is 15.0. The zero-order valence-electron chi connectivity index (χ0n) is 13.3. The van der Waals surface area contributed by atoms with Gasteiger partial charge in [-0.2, -0.15) is 0 Å². The molecule has 0 atom stereocenters. The highest BCUT2D eigenvalue weighted by Crippen LogP contribution is 2.26. The van der Waals surface area contributed by atoms with Crippen molar-refractivity contribution in [3.63, 3.8) is 0 Å². The minimum atomic E-state index is -3.76. The largest absolute Gasteiger partial charge is 0.331 e. The van der Waals surface area contributed by atoms with Crippen molar-refractivity contribution in [2.24, 2.45) is 5.16 Å². The predicted octanol–water partition coefficient (Wildman–Crippen LogP) is 0.906. The molecule has 0 radical (unpaired) electrons. The number of sulfone groups is 2. The molecule has 0 fully saturated rings. The number of aromatic nitrogens is 2. The smallest absolute Gasteiger partial charge is 0.311 e. The van der Waals surface area contributed by atoms with Gasteiger partial charge in [0.1, 0.15) is 5.69 Å². The average molecular weight is 373 g/mol. The molecule has 0 amide bonds. The van der Waals surface area contributed by atoms with Gasteiger partial charge in [0.15, 0.2) is 19.7 Å². The zero-order chi connectivity index (χ0) is 18.1. The highest BCUT2D eigenvalue weighted by Gasteiger charge is 2.24. The van der Waals surface area contributed by atoms with Crippen LogP contribution in [0.25, 0.3) is 0 Å². The summed E-state index contributed by atoms with van der Waals surface area (Å²) in [6, 6.07) is 2.67. The quantitative estimate of drug-likeness (QED) is 0.558. The molecule has 0 saturated carbocycles. The van der Waals surface area contributed by atoms with Crippen LogP contribution >= 0.6 is 0 Å². The second kappa shape index (κ2) is 6.32. The van der Waals surface area contributed by atoms with Gasteiger partial charge in [0.25, 0.3) is 0 Å². The lowest BCUT2D eigenvalue weighted by Crippen LogP contribution is -2.11. The van der Waals surface area contributed by atoms with Gasteiger partial charge in [0.05, 0.1) is 16.0 Å². The Morgan fingerprint density at radius 2 is 1.75 bits per heavy atom. The normalized spacial score (nSPS) is 12.7. The van der Waals surface area contributed by atoms with Crippen LogP contribution in [0, 0.1) is 13.8 Å². The molecule has 0 aliphatic heterocycles. The van der Waals surface area contributed by atoms with Gasteiger partial charge in [-0.25, -0.2) is 21.5 Å². The van der Waals surface area contributed by atoms with Crippen LogP contribution in [-0.4, -0.2) is 45.9 Å². The molecular formula is C13H15N3O6S2. The lowest BCUT2D eigenvalue weighted by atomic mass is 10.1. The van der Waals surface area contributed by atoms with Crippen molar-refractivity contribution in [1.82, 2.24) is 10.3 Å². The molecule has 1 aromatic heterocycles. The third kappa shape index (κ3) is 3.79. The Morgan fingerprint density at radius 3 is 2.25 bits per heavy atom. The molecule has 0 N–H and O–H groups in total. The van der Waals surface area contributed by atoms with Gasteiger partial charge in [-0.1, -0.05) is 16.4 Å². The van der Waals surface area contributed by atoms with Crippen LogP contribution in [-0.2, 0) is 19.7 Å². The topological polar surface area (TPSA) is 129 Å². The Hall–Kier alpha value is -2.27. The van der Waals surface area contributed by atoms with Gasteiger partial charge in [-0.3, -0.25) is 0 Å². The fourth-order valence-electron chi connectivity index (χ4n) is 2.01. The second-order valence-electron chi connectivity index (χ2n) is 5.13. The van der Waals surface area contributed by atoms with E-state index in [1.54, 1.807) is 6.92 Å². The molecule has 0 saturated heterocycles. The SMILES string of the molecule is Cc1nonc1ON=Cc1ccc(S(C)(=O)=O)c(S(C)(=O)=O)c1C. The van der Waals surface area contributed by atoms with E-state index in [0.717, 1.165) is 12.5 Å². The van der Waals surface area contributed by atoms with Crippen molar-refractivity contribution < 1.29 is 26.3 Å². The molecule has 130 valence electrons. The molecule has 0 unspecified atom stereocenters. The molecule has 11 heteroatoms. The molecule has 0 spiro atoms. The summed E-state index contributed by atoms with van der Waals surface area (Å²) in [5, 5.41) is 10.7. The molecule has 1 aromatic carbocycles. The number of aryl methyl sites for hydroxylation is 1. The number of benzene rings is 1. The van der Waals surface area contributed by atoms with Crippen LogP contribution in [0.4, 0.5) is 0 Å². The standard InChI is InChI=1S/C13H15N3O6S2/c1-8-10(7-14-21-13-9(2)15-22-16-13)5-6-11(23(3,17)18)12(8)24(4,19)20/h5-7H,1-4H3. The molecular weight excluding hydrogens is 358 g/mol. The van der Waals surface area contributed by atoms with E-state index < -0.39 is 19.7 Å². The van der Waals surface area contributed by atoms with E-state index >= 15 is 0 Å². The summed E-state index contributed by atoms with van der Waals surface area (Å²) < 4.78 is 52.1. The third-order valence-electron chi connectivity index (χ3n) is 3.12. The lowest BCUT2D eigenvalue weighted by Gasteiger charge is -2.11. The maximum absolute atomic E-state index is 12.0. The summed E-state index contributed by atoms with van der Waals surface area (Å²) in [4.78, 5) is 4.48. The maximum Gasteiger partial charge on any atom is 0.311 e. The Bertz CT molecular complexity index is 1010. The summed E-state index contributed by atoms with van der Waals surface area (Å²) in [6.07, 6.45) is 3.16. The molecule has 1 heterocycles. The number of hydrogen-bond acceptors (Lipinski definition) is 9. The van der Waals surface area contributed by atoms with E-state index in [0.29, 0.717) is 11.3 Å². The van der Waals surface area contributed by atoms with Crippen molar-refractivity contribution in [3.8, 4) is 5.88 Å². The molecule has 2 aromatic rings. The fourth-order valence-corrected chi connectivity index (χ4v) is 4.84. The van der Waals surface area contributed by atoms with Gasteiger partial charge < -0.3 is 4.84 Å². The Balaban J connectivity index is 2.48. The van der Waals surface area contributed by atoms with Crippen LogP contribution in [0.2, 0.25) is 0 Å². The average Bonchev–Trinajstić information content (AvgIpc) is 2.83. The molecule has 2 rings (SSSR count). The molecule has 0 bridgehead atoms. The van der Waals surface area contributed by atoms with Gasteiger partial charge in [-0.15, -0.1) is 0 Å². The van der Waals surface area contributed by atoms with Gasteiger partial charge >= 0.3 is 5.88 Å².